The van der Waals surface area contributed by atoms with Crippen molar-refractivity contribution in [3.05, 3.63) is 213 Å². The third-order valence-corrected chi connectivity index (χ3v) is 19.0. The quantitative estimate of drug-likeness (QED) is 0.0159. The van der Waals surface area contributed by atoms with E-state index in [-0.39, 0.29) is 5.25 Å². The molecule has 0 radical (unpaired) electrons. The van der Waals surface area contributed by atoms with Gasteiger partial charge in [0, 0.05) is 21.7 Å². The Morgan fingerprint density at radius 1 is 0.451 bits per heavy atom. The van der Waals surface area contributed by atoms with Crippen LogP contribution < -0.4 is 0 Å². The van der Waals surface area contributed by atoms with E-state index in [1.165, 1.54) is 57.8 Å². The smallest absolute Gasteiger partial charge is 0.334 e. The van der Waals surface area contributed by atoms with E-state index < -0.39 is 75.7 Å². The van der Waals surface area contributed by atoms with Crippen molar-refractivity contribution in [2.24, 2.45) is 5.41 Å². The van der Waals surface area contributed by atoms with Crippen LogP contribution in [0.4, 0.5) is 0 Å². The minimum absolute atomic E-state index is 0.247. The van der Waals surface area contributed by atoms with Gasteiger partial charge in [-0.2, -0.15) is 0 Å². The summed E-state index contributed by atoms with van der Waals surface area (Å²) in [6, 6.07) is 53.7. The standard InChI is InChI=1S/C53H60O4.C15H30O2S.H4O5P2/c1-48(2,38-21-13-9-14-22-38)42-29-31-44(46(33-42)50(5,6)40-25-17-11-18-26-40)53(57,52(35-54,36-55)37-56)45-32-30-43(49(3,4)39-23-15-10-16-24-39)34-47(45)51(7,8)41-27-19-12-20-28-41;1-3-4-5-6-7-8-9-10-11-12-13-18-14(2)15(16)17;1-6(2)5-7(3)4/h9-34,54-57H,35-37H2,1-8H3;14H,3-13H2,1-2H3,(H,16,17);1-4H. The second kappa shape index (κ2) is 32.8. The number of hydrogen-bond donors (Lipinski definition) is 9. The molecular formula is C68H94O11P2S. The number of carbonyl (C=O) groups is 1. The molecule has 6 aromatic carbocycles. The van der Waals surface area contributed by atoms with Crippen molar-refractivity contribution in [2.45, 2.75) is 166 Å². The Bertz CT molecular complexity index is 2620. The van der Waals surface area contributed by atoms with E-state index in [0.29, 0.717) is 11.1 Å². The number of aliphatic hydroxyl groups excluding tert-OH is 3. The predicted octanol–water partition coefficient (Wildman–Crippen LogP) is 14.7. The highest BCUT2D eigenvalue weighted by Crippen LogP contribution is 2.54. The Morgan fingerprint density at radius 2 is 0.756 bits per heavy atom. The Labute approximate surface area is 496 Å². The first-order valence-electron chi connectivity index (χ1n) is 28.8. The van der Waals surface area contributed by atoms with E-state index in [2.05, 4.69) is 164 Å². The number of carboxylic acids is 1. The van der Waals surface area contributed by atoms with Crippen LogP contribution in [0.5, 0.6) is 0 Å². The van der Waals surface area contributed by atoms with E-state index >= 15 is 0 Å². The molecule has 6 rings (SSSR count). The molecule has 448 valence electrons. The van der Waals surface area contributed by atoms with Crippen LogP contribution in [0.15, 0.2) is 158 Å². The van der Waals surface area contributed by atoms with Gasteiger partial charge in [-0.25, -0.2) is 4.31 Å². The van der Waals surface area contributed by atoms with Crippen LogP contribution in [0, 0.1) is 5.41 Å². The lowest BCUT2D eigenvalue weighted by molar-refractivity contribution is -0.137. The molecule has 82 heavy (non-hydrogen) atoms. The first-order valence-corrected chi connectivity index (χ1v) is 32.2. The number of hydrogen-bond acceptors (Lipinski definition) is 11. The number of unbranched alkanes of at least 4 members (excludes halogenated alkanes) is 9. The van der Waals surface area contributed by atoms with E-state index in [9.17, 15) is 25.2 Å². The van der Waals surface area contributed by atoms with E-state index in [1.54, 1.807) is 18.7 Å². The molecule has 0 heterocycles. The van der Waals surface area contributed by atoms with Crippen molar-refractivity contribution in [3.8, 4) is 0 Å². The van der Waals surface area contributed by atoms with Gasteiger partial charge in [0.05, 0.1) is 30.5 Å². The van der Waals surface area contributed by atoms with Gasteiger partial charge in [-0.3, -0.25) is 4.79 Å². The molecule has 0 aromatic heterocycles. The molecule has 0 saturated heterocycles. The summed E-state index contributed by atoms with van der Waals surface area (Å²) in [7, 11) is -5.22. The second-order valence-electron chi connectivity index (χ2n) is 23.6. The number of aliphatic hydroxyl groups is 4. The minimum Gasteiger partial charge on any atom is -0.480 e. The number of aliphatic carboxylic acids is 1. The zero-order valence-electron chi connectivity index (χ0n) is 50.1. The Hall–Kier alpha value is -4.36. The van der Waals surface area contributed by atoms with Gasteiger partial charge in [0.25, 0.3) is 0 Å². The van der Waals surface area contributed by atoms with Crippen LogP contribution in [0.3, 0.4) is 0 Å². The molecule has 1 atom stereocenters. The van der Waals surface area contributed by atoms with Crippen molar-refractivity contribution in [1.29, 1.82) is 0 Å². The average molecular weight is 1180 g/mol. The Balaban J connectivity index is 0.000000480. The summed E-state index contributed by atoms with van der Waals surface area (Å²) in [5, 5.41) is 57.0. The van der Waals surface area contributed by atoms with E-state index in [1.807, 2.05) is 60.7 Å². The molecule has 0 saturated carbocycles. The molecule has 0 aliphatic rings. The first kappa shape index (κ1) is 70.1. The van der Waals surface area contributed by atoms with Gasteiger partial charge in [0.2, 0.25) is 0 Å². The van der Waals surface area contributed by atoms with Gasteiger partial charge >= 0.3 is 23.2 Å². The lowest BCUT2D eigenvalue weighted by Gasteiger charge is -2.49. The van der Waals surface area contributed by atoms with Crippen molar-refractivity contribution < 1.29 is 54.2 Å². The third kappa shape index (κ3) is 18.1. The van der Waals surface area contributed by atoms with Crippen LogP contribution in [-0.4, -0.2) is 81.9 Å². The predicted molar refractivity (Wildman–Crippen MR) is 339 cm³/mol. The van der Waals surface area contributed by atoms with Gasteiger partial charge in [0.1, 0.15) is 5.60 Å². The molecule has 0 spiro atoms. The summed E-state index contributed by atoms with van der Waals surface area (Å²) in [5.41, 5.74) is 3.08. The van der Waals surface area contributed by atoms with E-state index in [4.69, 9.17) is 24.7 Å². The van der Waals surface area contributed by atoms with Crippen LogP contribution in [0.25, 0.3) is 0 Å². The van der Waals surface area contributed by atoms with Crippen molar-refractivity contribution in [1.82, 2.24) is 0 Å². The lowest BCUT2D eigenvalue weighted by atomic mass is 9.58. The largest absolute Gasteiger partial charge is 0.480 e. The van der Waals surface area contributed by atoms with Crippen molar-refractivity contribution >= 4 is 34.9 Å². The zero-order chi connectivity index (χ0) is 60.8. The van der Waals surface area contributed by atoms with Gasteiger partial charge < -0.3 is 45.1 Å². The summed E-state index contributed by atoms with van der Waals surface area (Å²) in [5.74, 6) is 0.302. The summed E-state index contributed by atoms with van der Waals surface area (Å²) in [6.07, 6.45) is 13.4. The molecular weight excluding hydrogens is 1090 g/mol. The van der Waals surface area contributed by atoms with Gasteiger partial charge in [-0.1, -0.05) is 278 Å². The highest BCUT2D eigenvalue weighted by Gasteiger charge is 2.56. The van der Waals surface area contributed by atoms with E-state index in [0.717, 1.165) is 56.7 Å². The summed E-state index contributed by atoms with van der Waals surface area (Å²) >= 11 is 1.56. The first-order chi connectivity index (χ1) is 38.8. The van der Waals surface area contributed by atoms with Crippen LogP contribution in [0.1, 0.15) is 189 Å². The van der Waals surface area contributed by atoms with Crippen molar-refractivity contribution in [2.75, 3.05) is 25.6 Å². The molecule has 11 nitrogen and oxygen atoms in total. The maximum Gasteiger partial charge on any atom is 0.334 e. The van der Waals surface area contributed by atoms with Crippen LogP contribution in [0.2, 0.25) is 0 Å². The highest BCUT2D eigenvalue weighted by molar-refractivity contribution is 8.00. The van der Waals surface area contributed by atoms with Crippen LogP contribution >= 0.6 is 29.0 Å². The fourth-order valence-corrected chi connectivity index (χ4v) is 12.2. The molecule has 9 N–H and O–H groups in total. The topological polar surface area (TPSA) is 208 Å². The highest BCUT2D eigenvalue weighted by atomic mass is 32.2. The monoisotopic (exact) mass is 1180 g/mol. The fraction of sp³-hybridized carbons (Fsp3) is 0.456. The SMILES string of the molecule is CC(C)(c1ccccc1)c1ccc(C(O)(c2ccc(C(C)(C)c3ccccc3)cc2C(C)(C)c2ccccc2)C(CO)(CO)CO)c(C(C)(C)c2ccccc2)c1.CCCCCCCCCCCCSC(C)C(=O)O.OP(O)OP(O)O. The molecule has 0 amide bonds. The maximum absolute atomic E-state index is 14.2. The second-order valence-corrected chi connectivity index (χ2v) is 26.7. The summed E-state index contributed by atoms with van der Waals surface area (Å²) in [6.45, 7) is 19.4. The summed E-state index contributed by atoms with van der Waals surface area (Å²) < 4.78 is 3.60. The third-order valence-electron chi connectivity index (χ3n) is 16.6. The summed E-state index contributed by atoms with van der Waals surface area (Å²) in [4.78, 5) is 41.9. The van der Waals surface area contributed by atoms with Gasteiger partial charge in [-0.05, 0) is 74.7 Å². The molecule has 14 heteroatoms. The number of benzene rings is 6. The molecule has 0 bridgehead atoms. The molecule has 0 aliphatic heterocycles. The van der Waals surface area contributed by atoms with Crippen LogP contribution in [-0.2, 0) is 36.4 Å². The fourth-order valence-electron chi connectivity index (χ4n) is 10.8. The normalized spacial score (nSPS) is 12.8. The number of thioether (sulfide) groups is 1. The Morgan fingerprint density at radius 3 is 1.04 bits per heavy atom. The maximum atomic E-state index is 14.2. The molecule has 0 aliphatic carbocycles. The molecule has 6 aromatic rings. The molecule has 1 unspecified atom stereocenters. The number of rotatable bonds is 29. The van der Waals surface area contributed by atoms with Gasteiger partial charge in [-0.15, -0.1) is 11.8 Å². The van der Waals surface area contributed by atoms with Crippen molar-refractivity contribution in [3.63, 3.8) is 0 Å². The minimum atomic E-state index is -2.61. The Kier molecular flexibility index (Phi) is 28.0. The van der Waals surface area contributed by atoms with Gasteiger partial charge in [0.15, 0.2) is 0 Å². The molecule has 0 fully saturated rings. The average Bonchev–Trinajstić information content (AvgIpc) is 1.98. The lowest BCUT2D eigenvalue weighted by Crippen LogP contribution is -2.56. The zero-order valence-corrected chi connectivity index (χ0v) is 52.7. The number of carboxylic acid groups (broad SMARTS) is 1.